The van der Waals surface area contributed by atoms with E-state index < -0.39 is 5.91 Å². The van der Waals surface area contributed by atoms with E-state index in [0.717, 1.165) is 10.6 Å². The quantitative estimate of drug-likeness (QED) is 0.573. The van der Waals surface area contributed by atoms with Crippen LogP contribution in [0.4, 0.5) is 11.6 Å². The van der Waals surface area contributed by atoms with Crippen molar-refractivity contribution in [1.82, 2.24) is 15.2 Å². The zero-order valence-corrected chi connectivity index (χ0v) is 14.3. The number of nitrogens with zero attached hydrogens (tertiary/aromatic N) is 2. The number of rotatable bonds is 7. The first-order valence-electron chi connectivity index (χ1n) is 6.69. The Morgan fingerprint density at radius 3 is 2.91 bits per heavy atom. The topological polar surface area (TPSA) is 109 Å². The zero-order valence-electron chi connectivity index (χ0n) is 12.7. The van der Waals surface area contributed by atoms with Crippen molar-refractivity contribution in [1.29, 1.82) is 0 Å². The maximum atomic E-state index is 11.7. The van der Waals surface area contributed by atoms with Crippen LogP contribution in [0.25, 0.3) is 0 Å². The van der Waals surface area contributed by atoms with E-state index >= 15 is 0 Å². The maximum absolute atomic E-state index is 11.7. The molecule has 0 unspecified atom stereocenters. The molecule has 0 aliphatic rings. The molecule has 0 saturated heterocycles. The van der Waals surface area contributed by atoms with Crippen molar-refractivity contribution in [3.63, 3.8) is 0 Å². The summed E-state index contributed by atoms with van der Waals surface area (Å²) in [5.41, 5.74) is 9.12. The number of H-pyrrole nitrogens is 1. The van der Waals surface area contributed by atoms with Crippen molar-refractivity contribution < 1.29 is 4.79 Å². The largest absolute Gasteiger partial charge is 0.365 e. The third-order valence-corrected chi connectivity index (χ3v) is 4.01. The smallest absolute Gasteiger partial charge is 0.256 e. The lowest BCUT2D eigenvalue weighted by molar-refractivity contribution is 0.100. The molecule has 0 saturated carbocycles. The lowest BCUT2D eigenvalue weighted by Gasteiger charge is -2.07. The summed E-state index contributed by atoms with van der Waals surface area (Å²) in [5, 5.41) is 13.3. The van der Waals surface area contributed by atoms with E-state index in [1.54, 1.807) is 18.5 Å². The van der Waals surface area contributed by atoms with Crippen molar-refractivity contribution >= 4 is 40.5 Å². The van der Waals surface area contributed by atoms with Gasteiger partial charge in [-0.25, -0.2) is 4.98 Å². The normalized spacial score (nSPS) is 11.3. The van der Waals surface area contributed by atoms with Crippen LogP contribution in [0.3, 0.4) is 0 Å². The van der Waals surface area contributed by atoms with E-state index in [9.17, 15) is 4.79 Å². The summed E-state index contributed by atoms with van der Waals surface area (Å²) in [4.78, 5) is 17.0. The van der Waals surface area contributed by atoms with Gasteiger partial charge in [0.2, 0.25) is 0 Å². The van der Waals surface area contributed by atoms with Gasteiger partial charge in [0, 0.05) is 15.6 Å². The fourth-order valence-corrected chi connectivity index (χ4v) is 2.81. The molecule has 23 heavy (non-hydrogen) atoms. The number of hydrogen-bond donors (Lipinski definition) is 4. The number of carbonyl (C=O) groups excluding carboxylic acids is 1. The Balaban J connectivity index is 2.19. The van der Waals surface area contributed by atoms with Crippen LogP contribution in [0.15, 0.2) is 28.9 Å². The van der Waals surface area contributed by atoms with Gasteiger partial charge in [0.05, 0.1) is 17.7 Å². The Morgan fingerprint density at radius 2 is 2.35 bits per heavy atom. The Bertz CT molecular complexity index is 763. The minimum Gasteiger partial charge on any atom is -0.365 e. The average molecular weight is 353 g/mol. The highest BCUT2D eigenvalue weighted by atomic mass is 35.5. The lowest BCUT2D eigenvalue weighted by Crippen LogP contribution is -2.15. The molecule has 0 bridgehead atoms. The summed E-state index contributed by atoms with van der Waals surface area (Å²) >= 11 is 7.25. The molecule has 9 heteroatoms. The highest BCUT2D eigenvalue weighted by molar-refractivity contribution is 7.09. The summed E-state index contributed by atoms with van der Waals surface area (Å²) in [6.07, 6.45) is 1.63. The first-order chi connectivity index (χ1) is 10.9. The van der Waals surface area contributed by atoms with Gasteiger partial charge in [-0.2, -0.15) is 5.10 Å². The average Bonchev–Trinajstić information content (AvgIpc) is 3.01. The second-order valence-electron chi connectivity index (χ2n) is 4.80. The van der Waals surface area contributed by atoms with Crippen LogP contribution in [0, 0.1) is 6.92 Å². The SMILES string of the molecule is C=C(Cl)/C=C(\C)Nc1[nH]nc(NCc2scnc2C)c1C(N)=O. The van der Waals surface area contributed by atoms with E-state index in [4.69, 9.17) is 17.3 Å². The minimum atomic E-state index is -0.595. The van der Waals surface area contributed by atoms with Crippen molar-refractivity contribution in [2.24, 2.45) is 5.73 Å². The van der Waals surface area contributed by atoms with Crippen molar-refractivity contribution in [2.75, 3.05) is 10.6 Å². The van der Waals surface area contributed by atoms with Crippen LogP contribution >= 0.6 is 22.9 Å². The summed E-state index contributed by atoms with van der Waals surface area (Å²) in [7, 11) is 0. The number of hydrogen-bond acceptors (Lipinski definition) is 6. The van der Waals surface area contributed by atoms with Gasteiger partial charge < -0.3 is 16.4 Å². The van der Waals surface area contributed by atoms with Gasteiger partial charge in [0.15, 0.2) is 5.82 Å². The number of primary amides is 1. The van der Waals surface area contributed by atoms with Gasteiger partial charge in [-0.05, 0) is 19.9 Å². The van der Waals surface area contributed by atoms with Crippen LogP contribution in [0.2, 0.25) is 0 Å². The van der Waals surface area contributed by atoms with Gasteiger partial charge in [0.1, 0.15) is 11.4 Å². The second kappa shape index (κ2) is 7.30. The standard InChI is InChI=1S/C14H17ClN6OS/c1-7(15)4-8(2)19-14-11(12(16)22)13(20-21-14)17-5-10-9(3)18-6-23-10/h4,6H,1,5H2,2-3H3,(H2,16,22)(H3,17,19,20,21)/b8-4+. The zero-order chi connectivity index (χ0) is 17.0. The molecule has 0 fully saturated rings. The third kappa shape index (κ3) is 4.33. The Hall–Kier alpha value is -2.32. The van der Waals surface area contributed by atoms with E-state index in [1.165, 1.54) is 11.3 Å². The number of aromatic amines is 1. The van der Waals surface area contributed by atoms with Crippen molar-refractivity contribution in [3.05, 3.63) is 45.0 Å². The van der Waals surface area contributed by atoms with Gasteiger partial charge in [0.25, 0.3) is 5.91 Å². The number of thiazole rings is 1. The number of carbonyl (C=O) groups is 1. The molecule has 2 aromatic heterocycles. The molecule has 0 spiro atoms. The summed E-state index contributed by atoms with van der Waals surface area (Å²) in [6.45, 7) is 7.80. The molecule has 0 radical (unpaired) electrons. The van der Waals surface area contributed by atoms with Crippen LogP contribution in [-0.4, -0.2) is 21.1 Å². The van der Waals surface area contributed by atoms with Crippen LogP contribution in [-0.2, 0) is 6.54 Å². The van der Waals surface area contributed by atoms with Gasteiger partial charge in [-0.3, -0.25) is 9.89 Å². The first-order valence-corrected chi connectivity index (χ1v) is 7.95. The van der Waals surface area contributed by atoms with Crippen molar-refractivity contribution in [2.45, 2.75) is 20.4 Å². The van der Waals surface area contributed by atoms with Crippen LogP contribution < -0.4 is 16.4 Å². The predicted octanol–water partition coefficient (Wildman–Crippen LogP) is 2.95. The number of nitrogens with one attached hydrogen (secondary N) is 3. The predicted molar refractivity (Wildman–Crippen MR) is 93.7 cm³/mol. The fraction of sp³-hybridized carbons (Fsp3) is 0.214. The number of amides is 1. The monoisotopic (exact) mass is 352 g/mol. The maximum Gasteiger partial charge on any atom is 0.256 e. The molecule has 0 aliphatic carbocycles. The molecule has 1 amide bonds. The molecule has 0 aromatic carbocycles. The second-order valence-corrected chi connectivity index (χ2v) is 6.22. The Kier molecular flexibility index (Phi) is 5.41. The number of aromatic nitrogens is 3. The number of halogens is 1. The number of nitrogens with two attached hydrogens (primary N) is 1. The number of allylic oxidation sites excluding steroid dienone is 3. The van der Waals surface area contributed by atoms with E-state index in [-0.39, 0.29) is 5.56 Å². The number of anilines is 2. The fourth-order valence-electron chi connectivity index (χ4n) is 1.93. The molecular weight excluding hydrogens is 336 g/mol. The Morgan fingerprint density at radius 1 is 1.61 bits per heavy atom. The number of aryl methyl sites for hydroxylation is 1. The van der Waals surface area contributed by atoms with E-state index in [2.05, 4.69) is 32.4 Å². The summed E-state index contributed by atoms with van der Waals surface area (Å²) < 4.78 is 0. The molecule has 0 atom stereocenters. The third-order valence-electron chi connectivity index (χ3n) is 2.97. The summed E-state index contributed by atoms with van der Waals surface area (Å²) in [5.74, 6) is 0.181. The molecule has 5 N–H and O–H groups in total. The van der Waals surface area contributed by atoms with Crippen LogP contribution in [0.5, 0.6) is 0 Å². The molecule has 122 valence electrons. The molecule has 0 aliphatic heterocycles. The molecule has 2 heterocycles. The van der Waals surface area contributed by atoms with Gasteiger partial charge in [-0.1, -0.05) is 18.2 Å². The van der Waals surface area contributed by atoms with Crippen LogP contribution in [0.1, 0.15) is 27.9 Å². The molecule has 7 nitrogen and oxygen atoms in total. The highest BCUT2D eigenvalue weighted by Gasteiger charge is 2.18. The molecular formula is C14H17ClN6OS. The van der Waals surface area contributed by atoms with E-state index in [0.29, 0.717) is 28.9 Å². The van der Waals surface area contributed by atoms with Gasteiger partial charge in [-0.15, -0.1) is 11.3 Å². The van der Waals surface area contributed by atoms with Gasteiger partial charge >= 0.3 is 0 Å². The Labute approximate surface area is 142 Å². The molecule has 2 aromatic rings. The molecule has 2 rings (SSSR count). The van der Waals surface area contributed by atoms with E-state index in [1.807, 2.05) is 6.92 Å². The lowest BCUT2D eigenvalue weighted by atomic mass is 10.2. The minimum absolute atomic E-state index is 0.250. The first kappa shape index (κ1) is 17.0. The van der Waals surface area contributed by atoms with Crippen molar-refractivity contribution in [3.8, 4) is 0 Å². The highest BCUT2D eigenvalue weighted by Crippen LogP contribution is 2.23. The summed E-state index contributed by atoms with van der Waals surface area (Å²) in [6, 6.07) is 0.